The van der Waals surface area contributed by atoms with Crippen LogP contribution >= 0.6 is 15.9 Å². The van der Waals surface area contributed by atoms with Gasteiger partial charge in [0.2, 0.25) is 0 Å². The zero-order valence-electron chi connectivity index (χ0n) is 12.4. The molecule has 0 saturated heterocycles. The van der Waals surface area contributed by atoms with Crippen LogP contribution in [0.2, 0.25) is 0 Å². The standard InChI is InChI=1S/C16H16BrN5/c1-21(2)15-7-13(8-18-9-15)16-11-22(20-19-16)10-12-3-5-14(17)6-4-12/h3-9,11H,10H2,1-2H3. The van der Waals surface area contributed by atoms with Crippen molar-refractivity contribution in [2.24, 2.45) is 0 Å². The lowest BCUT2D eigenvalue weighted by molar-refractivity contribution is 0.650. The topological polar surface area (TPSA) is 46.8 Å². The maximum absolute atomic E-state index is 4.26. The van der Waals surface area contributed by atoms with Crippen molar-refractivity contribution in [3.05, 3.63) is 59.0 Å². The fourth-order valence-electron chi connectivity index (χ4n) is 2.10. The van der Waals surface area contributed by atoms with Crippen molar-refractivity contribution < 1.29 is 0 Å². The van der Waals surface area contributed by atoms with E-state index in [9.17, 15) is 0 Å². The molecule has 112 valence electrons. The van der Waals surface area contributed by atoms with Crippen molar-refractivity contribution in [1.29, 1.82) is 0 Å². The predicted molar refractivity (Wildman–Crippen MR) is 90.8 cm³/mol. The van der Waals surface area contributed by atoms with E-state index in [0.29, 0.717) is 6.54 Å². The zero-order chi connectivity index (χ0) is 15.5. The highest BCUT2D eigenvalue weighted by Gasteiger charge is 2.07. The molecule has 0 unspecified atom stereocenters. The summed E-state index contributed by atoms with van der Waals surface area (Å²) in [5.74, 6) is 0. The van der Waals surface area contributed by atoms with Crippen LogP contribution < -0.4 is 4.90 Å². The number of pyridine rings is 1. The van der Waals surface area contributed by atoms with Gasteiger partial charge in [-0.25, -0.2) is 4.68 Å². The molecule has 0 aliphatic heterocycles. The molecule has 22 heavy (non-hydrogen) atoms. The molecule has 3 aromatic rings. The molecule has 0 spiro atoms. The van der Waals surface area contributed by atoms with Crippen LogP contribution in [0.3, 0.4) is 0 Å². The zero-order valence-corrected chi connectivity index (χ0v) is 14.0. The van der Waals surface area contributed by atoms with Gasteiger partial charge < -0.3 is 4.90 Å². The summed E-state index contributed by atoms with van der Waals surface area (Å²) in [6.45, 7) is 0.696. The van der Waals surface area contributed by atoms with E-state index in [2.05, 4.69) is 49.4 Å². The number of halogens is 1. The molecular formula is C16H16BrN5. The van der Waals surface area contributed by atoms with Gasteiger partial charge >= 0.3 is 0 Å². The molecule has 2 aromatic heterocycles. The molecule has 5 nitrogen and oxygen atoms in total. The molecule has 0 aliphatic carbocycles. The lowest BCUT2D eigenvalue weighted by atomic mass is 10.2. The van der Waals surface area contributed by atoms with E-state index in [1.165, 1.54) is 5.56 Å². The summed E-state index contributed by atoms with van der Waals surface area (Å²) < 4.78 is 2.91. The second-order valence-electron chi connectivity index (χ2n) is 5.25. The van der Waals surface area contributed by atoms with Crippen LogP contribution in [0.1, 0.15) is 5.56 Å². The third kappa shape index (κ3) is 3.33. The molecule has 0 fully saturated rings. The van der Waals surface area contributed by atoms with Gasteiger partial charge in [-0.1, -0.05) is 33.3 Å². The quantitative estimate of drug-likeness (QED) is 0.719. The first kappa shape index (κ1) is 14.7. The van der Waals surface area contributed by atoms with E-state index in [0.717, 1.165) is 21.4 Å². The Labute approximate surface area is 137 Å². The van der Waals surface area contributed by atoms with Gasteiger partial charge in [-0.05, 0) is 23.8 Å². The van der Waals surface area contributed by atoms with E-state index >= 15 is 0 Å². The monoisotopic (exact) mass is 357 g/mol. The highest BCUT2D eigenvalue weighted by atomic mass is 79.9. The summed E-state index contributed by atoms with van der Waals surface area (Å²) in [6, 6.07) is 10.2. The van der Waals surface area contributed by atoms with Gasteiger partial charge in [0, 0.05) is 30.3 Å². The average Bonchev–Trinajstić information content (AvgIpc) is 2.98. The summed E-state index contributed by atoms with van der Waals surface area (Å²) in [5.41, 5.74) is 4.02. The number of aromatic nitrogens is 4. The van der Waals surface area contributed by atoms with Crippen LogP contribution in [0.25, 0.3) is 11.3 Å². The van der Waals surface area contributed by atoms with Crippen LogP contribution in [-0.2, 0) is 6.54 Å². The lowest BCUT2D eigenvalue weighted by Gasteiger charge is -2.11. The van der Waals surface area contributed by atoms with Crippen molar-refractivity contribution >= 4 is 21.6 Å². The number of nitrogens with zero attached hydrogens (tertiary/aromatic N) is 5. The molecule has 0 atom stereocenters. The van der Waals surface area contributed by atoms with Crippen LogP contribution in [-0.4, -0.2) is 34.1 Å². The van der Waals surface area contributed by atoms with Crippen LogP contribution in [0, 0.1) is 0 Å². The van der Waals surface area contributed by atoms with E-state index in [4.69, 9.17) is 0 Å². The third-order valence-electron chi connectivity index (χ3n) is 3.33. The Morgan fingerprint density at radius 1 is 1.14 bits per heavy atom. The van der Waals surface area contributed by atoms with Gasteiger partial charge in [0.15, 0.2) is 0 Å². The first-order chi connectivity index (χ1) is 10.6. The molecular weight excluding hydrogens is 342 g/mol. The molecule has 0 saturated carbocycles. The number of hydrogen-bond donors (Lipinski definition) is 0. The molecule has 1 aromatic carbocycles. The Hall–Kier alpha value is -2.21. The van der Waals surface area contributed by atoms with E-state index < -0.39 is 0 Å². The van der Waals surface area contributed by atoms with Crippen LogP contribution in [0.5, 0.6) is 0 Å². The second kappa shape index (κ2) is 6.27. The Kier molecular flexibility index (Phi) is 4.20. The maximum atomic E-state index is 4.26. The van der Waals surface area contributed by atoms with E-state index in [1.807, 2.05) is 48.2 Å². The SMILES string of the molecule is CN(C)c1cncc(-c2cn(Cc3ccc(Br)cc3)nn2)c1. The smallest absolute Gasteiger partial charge is 0.114 e. The fourth-order valence-corrected chi connectivity index (χ4v) is 2.36. The fraction of sp³-hybridized carbons (Fsp3) is 0.188. The second-order valence-corrected chi connectivity index (χ2v) is 6.17. The van der Waals surface area contributed by atoms with E-state index in [-0.39, 0.29) is 0 Å². The van der Waals surface area contributed by atoms with Gasteiger partial charge in [-0.3, -0.25) is 4.98 Å². The molecule has 0 bridgehead atoms. The average molecular weight is 358 g/mol. The summed E-state index contributed by atoms with van der Waals surface area (Å²) >= 11 is 3.44. The van der Waals surface area contributed by atoms with Crippen LogP contribution in [0.15, 0.2) is 53.4 Å². The Morgan fingerprint density at radius 2 is 1.91 bits per heavy atom. The first-order valence-electron chi connectivity index (χ1n) is 6.89. The molecule has 6 heteroatoms. The van der Waals surface area contributed by atoms with Crippen molar-refractivity contribution in [1.82, 2.24) is 20.0 Å². The normalized spacial score (nSPS) is 10.7. The van der Waals surface area contributed by atoms with Crippen molar-refractivity contribution in [2.45, 2.75) is 6.54 Å². The lowest BCUT2D eigenvalue weighted by Crippen LogP contribution is -2.08. The number of hydrogen-bond acceptors (Lipinski definition) is 4. The minimum absolute atomic E-state index is 0.696. The minimum atomic E-state index is 0.696. The number of benzene rings is 1. The van der Waals surface area contributed by atoms with Crippen LogP contribution in [0.4, 0.5) is 5.69 Å². The molecule has 3 rings (SSSR count). The predicted octanol–water partition coefficient (Wildman–Crippen LogP) is 3.22. The van der Waals surface area contributed by atoms with E-state index in [1.54, 1.807) is 6.20 Å². The molecule has 0 amide bonds. The summed E-state index contributed by atoms with van der Waals surface area (Å²) in [7, 11) is 3.98. The third-order valence-corrected chi connectivity index (χ3v) is 3.86. The van der Waals surface area contributed by atoms with Gasteiger partial charge in [0.25, 0.3) is 0 Å². The number of anilines is 1. The largest absolute Gasteiger partial charge is 0.376 e. The van der Waals surface area contributed by atoms with Crippen molar-refractivity contribution in [2.75, 3.05) is 19.0 Å². The van der Waals surface area contributed by atoms with Gasteiger partial charge in [-0.15, -0.1) is 5.10 Å². The Morgan fingerprint density at radius 3 is 2.64 bits per heavy atom. The van der Waals surface area contributed by atoms with Gasteiger partial charge in [0.05, 0.1) is 24.6 Å². The molecule has 0 N–H and O–H groups in total. The highest BCUT2D eigenvalue weighted by molar-refractivity contribution is 9.10. The van der Waals surface area contributed by atoms with Gasteiger partial charge in [0.1, 0.15) is 5.69 Å². The molecule has 0 aliphatic rings. The summed E-state index contributed by atoms with van der Waals surface area (Å²) in [4.78, 5) is 6.28. The Balaban J connectivity index is 1.81. The summed E-state index contributed by atoms with van der Waals surface area (Å²) in [6.07, 6.45) is 5.58. The first-order valence-corrected chi connectivity index (χ1v) is 7.68. The van der Waals surface area contributed by atoms with Crippen molar-refractivity contribution in [3.63, 3.8) is 0 Å². The summed E-state index contributed by atoms with van der Waals surface area (Å²) in [5, 5.41) is 8.44. The Bertz CT molecular complexity index is 764. The molecule has 0 radical (unpaired) electrons. The minimum Gasteiger partial charge on any atom is -0.376 e. The maximum Gasteiger partial charge on any atom is 0.114 e. The highest BCUT2D eigenvalue weighted by Crippen LogP contribution is 2.20. The van der Waals surface area contributed by atoms with Crippen molar-refractivity contribution in [3.8, 4) is 11.3 Å². The number of rotatable bonds is 4. The molecule has 2 heterocycles. The van der Waals surface area contributed by atoms with Gasteiger partial charge in [-0.2, -0.15) is 0 Å².